The van der Waals surface area contributed by atoms with Crippen LogP contribution in [0.15, 0.2) is 90.1 Å². The Kier molecular flexibility index (Phi) is 6.43. The summed E-state index contributed by atoms with van der Waals surface area (Å²) in [6.07, 6.45) is 4.54. The minimum atomic E-state index is -4.42. The Labute approximate surface area is 207 Å². The summed E-state index contributed by atoms with van der Waals surface area (Å²) in [6.45, 7) is 0.629. The van der Waals surface area contributed by atoms with Gasteiger partial charge in [0.1, 0.15) is 22.3 Å². The minimum Gasteiger partial charge on any atom is -0.493 e. The van der Waals surface area contributed by atoms with Crippen LogP contribution < -0.4 is 14.8 Å². The van der Waals surface area contributed by atoms with Gasteiger partial charge in [0, 0.05) is 24.5 Å². The fourth-order valence-corrected chi connectivity index (χ4v) is 5.19. The van der Waals surface area contributed by atoms with Crippen LogP contribution in [-0.2, 0) is 22.9 Å². The van der Waals surface area contributed by atoms with Crippen molar-refractivity contribution in [3.8, 4) is 11.4 Å². The molecule has 1 unspecified atom stereocenters. The number of carbonyl (C=O) groups is 1. The summed E-state index contributed by atoms with van der Waals surface area (Å²) in [5.41, 5.74) is 2.83. The third-order valence-corrected chi connectivity index (χ3v) is 7.24. The van der Waals surface area contributed by atoms with Crippen LogP contribution in [0.1, 0.15) is 23.0 Å². The molecule has 1 aromatic heterocycles. The van der Waals surface area contributed by atoms with Gasteiger partial charge in [0.25, 0.3) is 10.0 Å². The minimum absolute atomic E-state index is 0.346. The molecule has 0 fully saturated rings. The van der Waals surface area contributed by atoms with Gasteiger partial charge >= 0.3 is 6.03 Å². The van der Waals surface area contributed by atoms with E-state index >= 15 is 0 Å². The highest BCUT2D eigenvalue weighted by Crippen LogP contribution is 2.29. The topological polar surface area (TPSA) is 102 Å². The Balaban J connectivity index is 1.44. The first-order valence-corrected chi connectivity index (χ1v) is 12.8. The lowest BCUT2D eigenvalue weighted by molar-refractivity contribution is 0.241. The number of hydrogen-bond donors (Lipinski definition) is 2. The van der Waals surface area contributed by atoms with Gasteiger partial charge in [0.05, 0.1) is 12.6 Å². The Hall–Kier alpha value is -4.18. The Morgan fingerprint density at radius 3 is 2.67 bits per heavy atom. The standard InChI is InChI=1S/C26H23FN4O4S/c27-21-8-4-5-9-24(21)36(33,34)30-26(32)29-22(16-18-6-2-1-3-7-18)25-28-13-14-31(25)20-10-11-23-19(17-20)12-15-35-23/h1-11,13-14,17,22H,12,15-16H2,(H2,29,30,32). The Bertz CT molecular complexity index is 1510. The molecule has 2 N–H and O–H groups in total. The van der Waals surface area contributed by atoms with Crippen molar-refractivity contribution >= 4 is 16.1 Å². The van der Waals surface area contributed by atoms with Gasteiger partial charge in [-0.25, -0.2) is 27.3 Å². The fraction of sp³-hybridized carbons (Fsp3) is 0.154. The van der Waals surface area contributed by atoms with Crippen molar-refractivity contribution in [3.05, 3.63) is 108 Å². The van der Waals surface area contributed by atoms with Crippen molar-refractivity contribution < 1.29 is 22.3 Å². The number of rotatable bonds is 7. The van der Waals surface area contributed by atoms with Crippen molar-refractivity contribution in [1.29, 1.82) is 0 Å². The number of halogens is 1. The number of ether oxygens (including phenoxy) is 1. The van der Waals surface area contributed by atoms with E-state index in [0.717, 1.165) is 41.1 Å². The normalized spacial score (nSPS) is 13.5. The summed E-state index contributed by atoms with van der Waals surface area (Å²) in [5, 5.41) is 2.72. The molecule has 8 nitrogen and oxygen atoms in total. The molecule has 10 heteroatoms. The van der Waals surface area contributed by atoms with E-state index in [1.54, 1.807) is 12.4 Å². The Morgan fingerprint density at radius 2 is 1.86 bits per heavy atom. The van der Waals surface area contributed by atoms with E-state index in [-0.39, 0.29) is 0 Å². The number of nitrogens with zero attached hydrogens (tertiary/aromatic N) is 2. The maximum atomic E-state index is 14.1. The van der Waals surface area contributed by atoms with E-state index in [0.29, 0.717) is 18.9 Å². The van der Waals surface area contributed by atoms with Gasteiger partial charge in [0.15, 0.2) is 0 Å². The van der Waals surface area contributed by atoms with Gasteiger partial charge in [-0.2, -0.15) is 0 Å². The van der Waals surface area contributed by atoms with Gasteiger partial charge in [0.2, 0.25) is 0 Å². The van der Waals surface area contributed by atoms with Crippen LogP contribution in [0.3, 0.4) is 0 Å². The van der Waals surface area contributed by atoms with Crippen molar-refractivity contribution in [2.75, 3.05) is 6.61 Å². The highest BCUT2D eigenvalue weighted by atomic mass is 32.2. The molecular weight excluding hydrogens is 483 g/mol. The molecule has 0 saturated heterocycles. The molecule has 0 bridgehead atoms. The first-order valence-electron chi connectivity index (χ1n) is 11.3. The van der Waals surface area contributed by atoms with Crippen molar-refractivity contribution in [2.24, 2.45) is 0 Å². The van der Waals surface area contributed by atoms with Crippen LogP contribution in [0.25, 0.3) is 5.69 Å². The first-order chi connectivity index (χ1) is 17.4. The number of aromatic nitrogens is 2. The predicted octanol–water partition coefficient (Wildman–Crippen LogP) is 3.92. The average Bonchev–Trinajstić information content (AvgIpc) is 3.53. The summed E-state index contributed by atoms with van der Waals surface area (Å²) in [7, 11) is -4.42. The molecule has 0 aliphatic carbocycles. The van der Waals surface area contributed by atoms with Crippen LogP contribution >= 0.6 is 0 Å². The van der Waals surface area contributed by atoms with Crippen LogP contribution in [0.2, 0.25) is 0 Å². The SMILES string of the molecule is O=C(NC(Cc1ccccc1)c1nccn1-c1ccc2c(c1)CCO2)NS(=O)(=O)c1ccccc1F. The molecule has 5 rings (SSSR count). The van der Waals surface area contributed by atoms with Crippen molar-refractivity contribution in [2.45, 2.75) is 23.8 Å². The second-order valence-corrected chi connectivity index (χ2v) is 9.95. The number of carbonyl (C=O) groups excluding carboxylic acids is 1. The molecule has 4 aromatic rings. The number of nitrogens with one attached hydrogen (secondary N) is 2. The summed E-state index contributed by atoms with van der Waals surface area (Å²) in [6, 6.07) is 18.4. The van der Waals surface area contributed by atoms with E-state index in [1.165, 1.54) is 12.1 Å². The number of benzene rings is 3. The zero-order chi connectivity index (χ0) is 25.1. The zero-order valence-corrected chi connectivity index (χ0v) is 19.9. The molecule has 1 aliphatic heterocycles. The summed E-state index contributed by atoms with van der Waals surface area (Å²) < 4.78 is 48.7. The predicted molar refractivity (Wildman–Crippen MR) is 131 cm³/mol. The molecule has 36 heavy (non-hydrogen) atoms. The van der Waals surface area contributed by atoms with Gasteiger partial charge in [-0.15, -0.1) is 0 Å². The quantitative estimate of drug-likeness (QED) is 0.396. The maximum absolute atomic E-state index is 14.1. The van der Waals surface area contributed by atoms with E-state index < -0.39 is 32.8 Å². The average molecular weight is 507 g/mol. The third kappa shape index (κ3) is 4.94. The number of hydrogen-bond acceptors (Lipinski definition) is 5. The number of fused-ring (bicyclic) bond motifs is 1. The number of imidazole rings is 1. The largest absolute Gasteiger partial charge is 0.493 e. The van der Waals surface area contributed by atoms with E-state index in [9.17, 15) is 17.6 Å². The molecular formula is C26H23FN4O4S. The molecule has 184 valence electrons. The van der Waals surface area contributed by atoms with Gasteiger partial charge < -0.3 is 14.6 Å². The lowest BCUT2D eigenvalue weighted by Crippen LogP contribution is -2.42. The smallest absolute Gasteiger partial charge is 0.329 e. The van der Waals surface area contributed by atoms with Gasteiger partial charge in [-0.05, 0) is 47.9 Å². The van der Waals surface area contributed by atoms with E-state index in [1.807, 2.05) is 57.8 Å². The van der Waals surface area contributed by atoms with Crippen molar-refractivity contribution in [3.63, 3.8) is 0 Å². The fourth-order valence-electron chi connectivity index (χ4n) is 4.20. The van der Waals surface area contributed by atoms with Crippen molar-refractivity contribution in [1.82, 2.24) is 19.6 Å². The van der Waals surface area contributed by atoms with Crippen LogP contribution in [0.4, 0.5) is 9.18 Å². The van der Waals surface area contributed by atoms with Gasteiger partial charge in [-0.3, -0.25) is 0 Å². The summed E-state index contributed by atoms with van der Waals surface area (Å²) in [4.78, 5) is 16.7. The maximum Gasteiger partial charge on any atom is 0.329 e. The lowest BCUT2D eigenvalue weighted by Gasteiger charge is -2.21. The van der Waals surface area contributed by atoms with E-state index in [2.05, 4.69) is 10.3 Å². The second kappa shape index (κ2) is 9.82. The van der Waals surface area contributed by atoms with Crippen LogP contribution in [-0.4, -0.2) is 30.6 Å². The molecule has 1 atom stereocenters. The molecule has 0 radical (unpaired) electrons. The number of urea groups is 1. The molecule has 0 saturated carbocycles. The Morgan fingerprint density at radius 1 is 1.08 bits per heavy atom. The lowest BCUT2D eigenvalue weighted by atomic mass is 10.1. The van der Waals surface area contributed by atoms with Crippen LogP contribution in [0.5, 0.6) is 5.75 Å². The van der Waals surface area contributed by atoms with Gasteiger partial charge in [-0.1, -0.05) is 42.5 Å². The number of amides is 2. The molecule has 2 amide bonds. The monoisotopic (exact) mass is 506 g/mol. The first kappa shape index (κ1) is 23.6. The highest BCUT2D eigenvalue weighted by molar-refractivity contribution is 7.90. The number of sulfonamides is 1. The van der Waals surface area contributed by atoms with E-state index in [4.69, 9.17) is 4.74 Å². The zero-order valence-electron chi connectivity index (χ0n) is 19.1. The highest BCUT2D eigenvalue weighted by Gasteiger charge is 2.26. The molecule has 2 heterocycles. The molecule has 0 spiro atoms. The molecule has 1 aliphatic rings. The second-order valence-electron chi connectivity index (χ2n) is 8.30. The van der Waals surface area contributed by atoms with Crippen LogP contribution in [0, 0.1) is 5.82 Å². The third-order valence-electron chi connectivity index (χ3n) is 5.87. The summed E-state index contributed by atoms with van der Waals surface area (Å²) >= 11 is 0. The summed E-state index contributed by atoms with van der Waals surface area (Å²) in [5.74, 6) is 0.406. The molecule has 3 aromatic carbocycles.